The first-order valence-electron chi connectivity index (χ1n) is 18.8. The van der Waals surface area contributed by atoms with Crippen molar-refractivity contribution >= 4 is 57.9 Å². The summed E-state index contributed by atoms with van der Waals surface area (Å²) in [5, 5.41) is 6.41. The topological polar surface area (TPSA) is 175 Å². The van der Waals surface area contributed by atoms with Gasteiger partial charge in [0, 0.05) is 36.9 Å². The number of piperidine rings is 2. The number of likely N-dealkylation sites (tertiary alicyclic amines) is 2. The number of hydrogen-bond acceptors (Lipinski definition) is 14. The molecule has 56 heavy (non-hydrogen) atoms. The third-order valence-electron chi connectivity index (χ3n) is 9.20. The van der Waals surface area contributed by atoms with Gasteiger partial charge >= 0.3 is 0 Å². The van der Waals surface area contributed by atoms with Crippen LogP contribution < -0.4 is 24.8 Å². The van der Waals surface area contributed by atoms with Gasteiger partial charge in [-0.3, -0.25) is 29.0 Å². The molecule has 2 aromatic heterocycles. The highest BCUT2D eigenvalue weighted by atomic mass is 32.2. The maximum atomic E-state index is 13.0. The van der Waals surface area contributed by atoms with Gasteiger partial charge in [-0.2, -0.15) is 0 Å². The first-order chi connectivity index (χ1) is 26.9. The van der Waals surface area contributed by atoms with E-state index in [2.05, 4.69) is 46.3 Å². The Labute approximate surface area is 335 Å². The highest BCUT2D eigenvalue weighted by Gasteiger charge is 2.27. The number of thiazole rings is 1. The van der Waals surface area contributed by atoms with Crippen LogP contribution in [0.25, 0.3) is 6.08 Å². The van der Waals surface area contributed by atoms with Gasteiger partial charge in [0.15, 0.2) is 16.6 Å². The van der Waals surface area contributed by atoms with Crippen molar-refractivity contribution in [1.29, 1.82) is 0 Å². The Morgan fingerprint density at radius 1 is 1.02 bits per heavy atom. The van der Waals surface area contributed by atoms with Crippen LogP contribution in [0.3, 0.4) is 0 Å². The van der Waals surface area contributed by atoms with Gasteiger partial charge in [0.1, 0.15) is 12.4 Å². The molecule has 2 saturated heterocycles. The normalized spacial score (nSPS) is 15.6. The average Bonchev–Trinajstić information content (AvgIpc) is 3.86. The summed E-state index contributed by atoms with van der Waals surface area (Å²) < 4.78 is 29.4. The van der Waals surface area contributed by atoms with E-state index < -0.39 is 0 Å². The summed E-state index contributed by atoms with van der Waals surface area (Å²) in [7, 11) is 3.02. The van der Waals surface area contributed by atoms with Crippen molar-refractivity contribution in [2.24, 2.45) is 5.92 Å². The molecular formula is C39H52N6O9S2. The van der Waals surface area contributed by atoms with Gasteiger partial charge in [0.25, 0.3) is 5.91 Å². The highest BCUT2D eigenvalue weighted by Crippen LogP contribution is 2.39. The molecule has 17 heteroatoms. The number of nitrogens with one attached hydrogen (secondary N) is 2. The van der Waals surface area contributed by atoms with Crippen LogP contribution in [0.4, 0.5) is 5.13 Å². The fourth-order valence-corrected chi connectivity index (χ4v) is 7.79. The molecule has 5 rings (SSSR count). The molecule has 2 aliphatic rings. The largest absolute Gasteiger partial charge is 0.493 e. The number of anilines is 1. The Hall–Kier alpha value is -4.45. The van der Waals surface area contributed by atoms with E-state index in [1.54, 1.807) is 42.4 Å². The third-order valence-corrected chi connectivity index (χ3v) is 11.3. The SMILES string of the molecule is COc1cc(/C=C/C(=O)N2CCCCC2=O)cc(OC)c1OCCOCCNC(=O)CN1CCC(C(=O)Nc2ncc(SCc3ncc(C(C)(C)C)o3)s2)CC1. The number of thioether (sulfide) groups is 1. The predicted molar refractivity (Wildman–Crippen MR) is 213 cm³/mol. The van der Waals surface area contributed by atoms with E-state index in [-0.39, 0.29) is 54.7 Å². The van der Waals surface area contributed by atoms with Gasteiger partial charge in [0.05, 0.1) is 56.3 Å². The molecule has 4 amide bonds. The fourth-order valence-electron chi connectivity index (χ4n) is 6.06. The van der Waals surface area contributed by atoms with Gasteiger partial charge < -0.3 is 34.0 Å². The number of amides is 4. The molecule has 2 N–H and O–H groups in total. The second-order valence-corrected chi connectivity index (χ2v) is 16.7. The smallest absolute Gasteiger partial charge is 0.253 e. The van der Waals surface area contributed by atoms with Gasteiger partial charge in [0.2, 0.25) is 29.4 Å². The number of aromatic nitrogens is 2. The predicted octanol–water partition coefficient (Wildman–Crippen LogP) is 5.15. The van der Waals surface area contributed by atoms with Crippen LogP contribution in [0.5, 0.6) is 17.2 Å². The van der Waals surface area contributed by atoms with Crippen LogP contribution in [0.1, 0.15) is 70.1 Å². The molecule has 2 fully saturated rings. The van der Waals surface area contributed by atoms with Gasteiger partial charge in [-0.05, 0) is 62.5 Å². The lowest BCUT2D eigenvalue weighted by Crippen LogP contribution is -2.44. The lowest BCUT2D eigenvalue weighted by Gasteiger charge is -2.30. The fraction of sp³-hybridized carbons (Fsp3) is 0.538. The van der Waals surface area contributed by atoms with Crippen molar-refractivity contribution in [2.75, 3.05) is 72.1 Å². The maximum Gasteiger partial charge on any atom is 0.253 e. The van der Waals surface area contributed by atoms with Crippen molar-refractivity contribution in [3.8, 4) is 17.2 Å². The van der Waals surface area contributed by atoms with E-state index in [4.69, 9.17) is 23.4 Å². The number of ether oxygens (including phenoxy) is 4. The Kier molecular flexibility index (Phi) is 15.7. The summed E-state index contributed by atoms with van der Waals surface area (Å²) in [5.41, 5.74) is 0.554. The van der Waals surface area contributed by atoms with E-state index in [1.165, 1.54) is 36.5 Å². The molecule has 0 bridgehead atoms. The quantitative estimate of drug-likeness (QED) is 0.0982. The summed E-state index contributed by atoms with van der Waals surface area (Å²) >= 11 is 3.00. The molecule has 0 atom stereocenters. The zero-order chi connectivity index (χ0) is 40.1. The second-order valence-electron chi connectivity index (χ2n) is 14.4. The summed E-state index contributed by atoms with van der Waals surface area (Å²) in [6, 6.07) is 3.44. The molecule has 0 saturated carbocycles. The number of carbonyl (C=O) groups excluding carboxylic acids is 4. The molecule has 0 radical (unpaired) electrons. The van der Waals surface area contributed by atoms with Crippen molar-refractivity contribution in [3.63, 3.8) is 0 Å². The van der Waals surface area contributed by atoms with E-state index in [0.717, 1.165) is 22.8 Å². The zero-order valence-electron chi connectivity index (χ0n) is 32.7. The van der Waals surface area contributed by atoms with Gasteiger partial charge in [-0.1, -0.05) is 32.1 Å². The third kappa shape index (κ3) is 12.5. The number of oxazole rings is 1. The molecule has 2 aliphatic heterocycles. The van der Waals surface area contributed by atoms with Crippen LogP contribution in [0.2, 0.25) is 0 Å². The van der Waals surface area contributed by atoms with Crippen LogP contribution in [-0.4, -0.2) is 110 Å². The number of rotatable bonds is 18. The second kappa shape index (κ2) is 20.6. The van der Waals surface area contributed by atoms with Crippen LogP contribution in [0.15, 0.2) is 39.2 Å². The van der Waals surface area contributed by atoms with Gasteiger partial charge in [-0.25, -0.2) is 9.97 Å². The van der Waals surface area contributed by atoms with E-state index in [0.29, 0.717) is 91.6 Å². The maximum absolute atomic E-state index is 13.0. The monoisotopic (exact) mass is 812 g/mol. The first kappa shape index (κ1) is 42.7. The standard InChI is InChI=1S/C39H52N6O9S2/c1-39(2,3)30-22-41-32(54-30)25-55-35-23-42-38(56-35)43-37(49)27-11-15-44(16-12-27)24-31(46)40-13-17-52-18-19-53-36-28(50-4)20-26(21-29(36)51-5)9-10-34(48)45-14-7-6-8-33(45)47/h9-10,20-23,27H,6-8,11-19,24-25H2,1-5H3,(H,40,46)(H,42,43,49)/b10-9+. The molecule has 0 spiro atoms. The number of methoxy groups -OCH3 is 2. The minimum atomic E-state index is -0.351. The Balaban J connectivity index is 0.939. The molecular weight excluding hydrogens is 761 g/mol. The van der Waals surface area contributed by atoms with Crippen molar-refractivity contribution in [1.82, 2.24) is 25.1 Å². The Morgan fingerprint density at radius 2 is 1.77 bits per heavy atom. The Bertz CT molecular complexity index is 1810. The van der Waals surface area contributed by atoms with E-state index >= 15 is 0 Å². The summed E-state index contributed by atoms with van der Waals surface area (Å²) in [5.74, 6) is 2.52. The minimum Gasteiger partial charge on any atom is -0.493 e. The van der Waals surface area contributed by atoms with Crippen molar-refractivity contribution in [3.05, 3.63) is 47.8 Å². The average molecular weight is 813 g/mol. The first-order valence-corrected chi connectivity index (χ1v) is 20.6. The molecule has 4 heterocycles. The van der Waals surface area contributed by atoms with Crippen LogP contribution >= 0.6 is 23.1 Å². The number of carbonyl (C=O) groups is 4. The number of hydrogen-bond donors (Lipinski definition) is 2. The highest BCUT2D eigenvalue weighted by molar-refractivity contribution is 8.00. The van der Waals surface area contributed by atoms with Crippen LogP contribution in [0, 0.1) is 5.92 Å². The summed E-state index contributed by atoms with van der Waals surface area (Å²) in [4.78, 5) is 62.2. The molecule has 15 nitrogen and oxygen atoms in total. The van der Waals surface area contributed by atoms with Gasteiger partial charge in [-0.15, -0.1) is 11.8 Å². The van der Waals surface area contributed by atoms with E-state index in [9.17, 15) is 19.2 Å². The van der Waals surface area contributed by atoms with Crippen LogP contribution in [-0.2, 0) is 35.1 Å². The molecule has 0 aliphatic carbocycles. The van der Waals surface area contributed by atoms with E-state index in [1.807, 2.05) is 0 Å². The summed E-state index contributed by atoms with van der Waals surface area (Å²) in [6.07, 6.45) is 9.83. The lowest BCUT2D eigenvalue weighted by molar-refractivity contribution is -0.143. The lowest BCUT2D eigenvalue weighted by atomic mass is 9.94. The molecule has 1 aromatic carbocycles. The van der Waals surface area contributed by atoms with Crippen molar-refractivity contribution < 1.29 is 42.5 Å². The zero-order valence-corrected chi connectivity index (χ0v) is 34.4. The Morgan fingerprint density at radius 3 is 2.45 bits per heavy atom. The van der Waals surface area contributed by atoms with Crippen molar-refractivity contribution in [2.45, 2.75) is 68.3 Å². The molecule has 3 aromatic rings. The molecule has 304 valence electrons. The number of imide groups is 1. The summed E-state index contributed by atoms with van der Waals surface area (Å²) in [6.45, 7) is 9.34. The number of nitrogens with zero attached hydrogens (tertiary/aromatic N) is 4. The minimum absolute atomic E-state index is 0.0503. The number of benzene rings is 1. The molecule has 0 unspecified atom stereocenters.